The predicted molar refractivity (Wildman–Crippen MR) is 58.6 cm³/mol. The summed E-state index contributed by atoms with van der Waals surface area (Å²) in [7, 11) is -3.49. The molecular formula is C9H14N2O3S. The molecule has 0 saturated carbocycles. The maximum atomic E-state index is 11.3. The Morgan fingerprint density at radius 3 is 2.73 bits per heavy atom. The minimum Gasteiger partial charge on any atom is -0.392 e. The molecule has 0 amide bonds. The first kappa shape index (κ1) is 12.0. The number of rotatable bonds is 5. The molecule has 0 radical (unpaired) electrons. The van der Waals surface area contributed by atoms with Crippen molar-refractivity contribution in [3.05, 3.63) is 29.8 Å². The summed E-state index contributed by atoms with van der Waals surface area (Å²) in [5, 5.41) is 8.87. The third-order valence-corrected chi connectivity index (χ3v) is 2.87. The fourth-order valence-electron chi connectivity index (χ4n) is 1.11. The fourth-order valence-corrected chi connectivity index (χ4v) is 2.00. The zero-order valence-electron chi connectivity index (χ0n) is 8.40. The van der Waals surface area contributed by atoms with Gasteiger partial charge in [0.2, 0.25) is 0 Å². The van der Waals surface area contributed by atoms with Crippen LogP contribution in [0, 0.1) is 0 Å². The highest BCUT2D eigenvalue weighted by Crippen LogP contribution is 2.11. The van der Waals surface area contributed by atoms with E-state index in [1.165, 1.54) is 0 Å². The van der Waals surface area contributed by atoms with Crippen LogP contribution in [0.2, 0.25) is 0 Å². The molecule has 0 unspecified atom stereocenters. The van der Waals surface area contributed by atoms with Gasteiger partial charge in [0, 0.05) is 6.54 Å². The van der Waals surface area contributed by atoms with Crippen molar-refractivity contribution >= 4 is 15.9 Å². The van der Waals surface area contributed by atoms with Gasteiger partial charge in [-0.3, -0.25) is 4.72 Å². The zero-order valence-corrected chi connectivity index (χ0v) is 9.21. The molecule has 0 aromatic heterocycles. The molecular weight excluding hydrogens is 216 g/mol. The van der Waals surface area contributed by atoms with Crippen molar-refractivity contribution in [1.29, 1.82) is 0 Å². The lowest BCUT2D eigenvalue weighted by molar-refractivity contribution is 0.282. The summed E-state index contributed by atoms with van der Waals surface area (Å²) in [6.45, 7) is 1.91. The van der Waals surface area contributed by atoms with E-state index in [0.29, 0.717) is 17.8 Å². The van der Waals surface area contributed by atoms with E-state index in [1.807, 2.05) is 0 Å². The van der Waals surface area contributed by atoms with Crippen LogP contribution >= 0.6 is 0 Å². The maximum absolute atomic E-state index is 11.3. The van der Waals surface area contributed by atoms with Crippen LogP contribution in [-0.4, -0.2) is 20.1 Å². The summed E-state index contributed by atoms with van der Waals surface area (Å²) in [6.07, 6.45) is 0. The van der Waals surface area contributed by atoms with Gasteiger partial charge in [0.15, 0.2) is 0 Å². The van der Waals surface area contributed by atoms with Crippen molar-refractivity contribution in [2.24, 2.45) is 0 Å². The largest absolute Gasteiger partial charge is 0.392 e. The van der Waals surface area contributed by atoms with Crippen LogP contribution in [0.1, 0.15) is 12.5 Å². The van der Waals surface area contributed by atoms with Crippen molar-refractivity contribution in [3.63, 3.8) is 0 Å². The van der Waals surface area contributed by atoms with Crippen LogP contribution in [0.25, 0.3) is 0 Å². The van der Waals surface area contributed by atoms with Crippen LogP contribution < -0.4 is 9.44 Å². The molecule has 0 heterocycles. The monoisotopic (exact) mass is 230 g/mol. The lowest BCUT2D eigenvalue weighted by atomic mass is 10.2. The van der Waals surface area contributed by atoms with Crippen molar-refractivity contribution in [2.45, 2.75) is 13.5 Å². The van der Waals surface area contributed by atoms with E-state index in [2.05, 4.69) is 9.44 Å². The summed E-state index contributed by atoms with van der Waals surface area (Å²) in [5.41, 5.74) is 1.09. The first-order chi connectivity index (χ1) is 7.07. The Kier molecular flexibility index (Phi) is 4.07. The summed E-state index contributed by atoms with van der Waals surface area (Å²) < 4.78 is 27.3. The van der Waals surface area contributed by atoms with Crippen LogP contribution in [-0.2, 0) is 16.8 Å². The van der Waals surface area contributed by atoms with Gasteiger partial charge in [-0.25, -0.2) is 0 Å². The third kappa shape index (κ3) is 3.86. The topological polar surface area (TPSA) is 78.4 Å². The summed E-state index contributed by atoms with van der Waals surface area (Å²) in [6, 6.07) is 6.59. The molecule has 0 aliphatic carbocycles. The van der Waals surface area contributed by atoms with Gasteiger partial charge in [-0.05, 0) is 17.7 Å². The number of hydrogen-bond acceptors (Lipinski definition) is 3. The number of nitrogens with one attached hydrogen (secondary N) is 2. The second-order valence-corrected chi connectivity index (χ2v) is 4.46. The van der Waals surface area contributed by atoms with Crippen LogP contribution in [0.15, 0.2) is 24.3 Å². The Bertz CT molecular complexity index is 417. The minimum absolute atomic E-state index is 0.114. The van der Waals surface area contributed by atoms with E-state index in [-0.39, 0.29) is 6.61 Å². The molecule has 15 heavy (non-hydrogen) atoms. The standard InChI is InChI=1S/C9H14N2O3S/c1-2-10-15(13,14)11-9-5-3-4-8(6-9)7-12/h3-6,10-12H,2,7H2,1H3. The molecule has 0 spiro atoms. The van der Waals surface area contributed by atoms with E-state index in [4.69, 9.17) is 5.11 Å². The lowest BCUT2D eigenvalue weighted by Gasteiger charge is -2.08. The van der Waals surface area contributed by atoms with Gasteiger partial charge in [0.05, 0.1) is 12.3 Å². The van der Waals surface area contributed by atoms with Gasteiger partial charge < -0.3 is 5.11 Å². The normalized spacial score (nSPS) is 11.3. The Hall–Kier alpha value is -1.11. The molecule has 84 valence electrons. The zero-order chi connectivity index (χ0) is 11.3. The number of benzene rings is 1. The lowest BCUT2D eigenvalue weighted by Crippen LogP contribution is -2.29. The van der Waals surface area contributed by atoms with Crippen molar-refractivity contribution in [1.82, 2.24) is 4.72 Å². The average Bonchev–Trinajstić information content (AvgIpc) is 2.17. The molecule has 1 aromatic rings. The van der Waals surface area contributed by atoms with E-state index in [0.717, 1.165) is 0 Å². The summed E-state index contributed by atoms with van der Waals surface area (Å²) in [5.74, 6) is 0. The molecule has 1 rings (SSSR count). The average molecular weight is 230 g/mol. The first-order valence-corrected chi connectivity index (χ1v) is 6.03. The van der Waals surface area contributed by atoms with Crippen molar-refractivity contribution in [2.75, 3.05) is 11.3 Å². The molecule has 3 N–H and O–H groups in total. The smallest absolute Gasteiger partial charge is 0.299 e. The van der Waals surface area contributed by atoms with E-state index in [1.54, 1.807) is 31.2 Å². The Labute approximate surface area is 89.3 Å². The van der Waals surface area contributed by atoms with E-state index < -0.39 is 10.2 Å². The Morgan fingerprint density at radius 2 is 2.13 bits per heavy atom. The number of anilines is 1. The van der Waals surface area contributed by atoms with Crippen molar-refractivity contribution < 1.29 is 13.5 Å². The number of hydrogen-bond donors (Lipinski definition) is 3. The Morgan fingerprint density at radius 1 is 1.40 bits per heavy atom. The predicted octanol–water partition coefficient (Wildman–Crippen LogP) is 0.445. The molecule has 0 aliphatic rings. The van der Waals surface area contributed by atoms with Gasteiger partial charge in [0.1, 0.15) is 0 Å². The fraction of sp³-hybridized carbons (Fsp3) is 0.333. The van der Waals surface area contributed by atoms with E-state index in [9.17, 15) is 8.42 Å². The van der Waals surface area contributed by atoms with E-state index >= 15 is 0 Å². The van der Waals surface area contributed by atoms with Crippen LogP contribution in [0.3, 0.4) is 0 Å². The molecule has 0 aliphatic heterocycles. The van der Waals surface area contributed by atoms with Crippen LogP contribution in [0.5, 0.6) is 0 Å². The van der Waals surface area contributed by atoms with Gasteiger partial charge in [-0.15, -0.1) is 0 Å². The van der Waals surface area contributed by atoms with Gasteiger partial charge in [-0.2, -0.15) is 13.1 Å². The highest BCUT2D eigenvalue weighted by Gasteiger charge is 2.07. The summed E-state index contributed by atoms with van der Waals surface area (Å²) >= 11 is 0. The minimum atomic E-state index is -3.49. The first-order valence-electron chi connectivity index (χ1n) is 4.54. The van der Waals surface area contributed by atoms with Crippen molar-refractivity contribution in [3.8, 4) is 0 Å². The molecule has 1 aromatic carbocycles. The number of aliphatic hydroxyl groups excluding tert-OH is 1. The van der Waals surface area contributed by atoms with Gasteiger partial charge in [-0.1, -0.05) is 19.1 Å². The molecule has 5 nitrogen and oxygen atoms in total. The molecule has 6 heteroatoms. The quantitative estimate of drug-likeness (QED) is 0.687. The molecule has 0 fully saturated rings. The number of aliphatic hydroxyl groups is 1. The Balaban J connectivity index is 2.80. The second-order valence-electron chi connectivity index (χ2n) is 2.96. The highest BCUT2D eigenvalue weighted by atomic mass is 32.2. The maximum Gasteiger partial charge on any atom is 0.299 e. The van der Waals surface area contributed by atoms with Gasteiger partial charge in [0.25, 0.3) is 10.2 Å². The molecule has 0 bridgehead atoms. The van der Waals surface area contributed by atoms with Gasteiger partial charge >= 0.3 is 0 Å². The molecule has 0 saturated heterocycles. The highest BCUT2D eigenvalue weighted by molar-refractivity contribution is 7.90. The molecule has 0 atom stereocenters. The summed E-state index contributed by atoms with van der Waals surface area (Å²) in [4.78, 5) is 0. The third-order valence-electron chi connectivity index (χ3n) is 1.70. The second kappa shape index (κ2) is 5.11. The SMILES string of the molecule is CCNS(=O)(=O)Nc1cccc(CO)c1. The van der Waals surface area contributed by atoms with Crippen LogP contribution in [0.4, 0.5) is 5.69 Å².